The van der Waals surface area contributed by atoms with Gasteiger partial charge in [-0.15, -0.1) is 0 Å². The first-order valence-corrected chi connectivity index (χ1v) is 5.69. The molecular formula is C14H19NO2. The molecule has 0 aromatic heterocycles. The summed E-state index contributed by atoms with van der Waals surface area (Å²) in [6.07, 6.45) is 0. The molecule has 3 heteroatoms. The molecule has 0 heterocycles. The van der Waals surface area contributed by atoms with Gasteiger partial charge in [0.05, 0.1) is 6.61 Å². The van der Waals surface area contributed by atoms with E-state index >= 15 is 0 Å². The highest BCUT2D eigenvalue weighted by Gasteiger charge is 2.19. The van der Waals surface area contributed by atoms with Crippen LogP contribution in [0.2, 0.25) is 0 Å². The molecule has 92 valence electrons. The van der Waals surface area contributed by atoms with Crippen molar-refractivity contribution in [3.63, 3.8) is 0 Å². The lowest BCUT2D eigenvalue weighted by Crippen LogP contribution is -2.32. The molecular weight excluding hydrogens is 214 g/mol. The Morgan fingerprint density at radius 3 is 2.47 bits per heavy atom. The van der Waals surface area contributed by atoms with Crippen LogP contribution in [-0.4, -0.2) is 18.6 Å². The van der Waals surface area contributed by atoms with E-state index in [4.69, 9.17) is 4.74 Å². The fraction of sp³-hybridized carbons (Fsp3) is 0.357. The van der Waals surface area contributed by atoms with Gasteiger partial charge in [-0.2, -0.15) is 0 Å². The fourth-order valence-corrected chi connectivity index (χ4v) is 1.43. The summed E-state index contributed by atoms with van der Waals surface area (Å²) in [5.41, 5.74) is 2.80. The molecule has 0 aliphatic carbocycles. The van der Waals surface area contributed by atoms with Gasteiger partial charge < -0.3 is 10.1 Å². The van der Waals surface area contributed by atoms with Gasteiger partial charge in [0.15, 0.2) is 0 Å². The van der Waals surface area contributed by atoms with E-state index in [1.54, 1.807) is 6.92 Å². The van der Waals surface area contributed by atoms with Crippen LogP contribution in [0.4, 0.5) is 5.69 Å². The number of esters is 1. The first-order valence-electron chi connectivity index (χ1n) is 5.69. The molecule has 1 aromatic carbocycles. The van der Waals surface area contributed by atoms with Crippen molar-refractivity contribution in [2.75, 3.05) is 11.9 Å². The van der Waals surface area contributed by atoms with Gasteiger partial charge >= 0.3 is 5.97 Å². The Kier molecular flexibility index (Phi) is 4.76. The SMILES string of the molecule is C=C(C)C(Nc1ccc(C)cc1)C(=O)OCC. The molecule has 1 rings (SSSR count). The Morgan fingerprint density at radius 1 is 1.41 bits per heavy atom. The summed E-state index contributed by atoms with van der Waals surface area (Å²) in [4.78, 5) is 11.7. The van der Waals surface area contributed by atoms with Gasteiger partial charge in [0.1, 0.15) is 6.04 Å². The lowest BCUT2D eigenvalue weighted by atomic mass is 10.1. The second kappa shape index (κ2) is 6.09. The van der Waals surface area contributed by atoms with Crippen LogP contribution in [0.3, 0.4) is 0 Å². The van der Waals surface area contributed by atoms with E-state index in [-0.39, 0.29) is 5.97 Å². The van der Waals surface area contributed by atoms with Crippen LogP contribution in [0.1, 0.15) is 19.4 Å². The van der Waals surface area contributed by atoms with Crippen LogP contribution in [0.5, 0.6) is 0 Å². The lowest BCUT2D eigenvalue weighted by Gasteiger charge is -2.18. The predicted molar refractivity (Wildman–Crippen MR) is 70.0 cm³/mol. The van der Waals surface area contributed by atoms with E-state index in [0.717, 1.165) is 11.3 Å². The molecule has 0 spiro atoms. The molecule has 0 aliphatic rings. The van der Waals surface area contributed by atoms with Crippen molar-refractivity contribution in [2.24, 2.45) is 0 Å². The maximum atomic E-state index is 11.7. The molecule has 0 fully saturated rings. The van der Waals surface area contributed by atoms with Gasteiger partial charge in [0.2, 0.25) is 0 Å². The van der Waals surface area contributed by atoms with Crippen LogP contribution in [0, 0.1) is 6.92 Å². The second-order valence-electron chi connectivity index (χ2n) is 4.04. The van der Waals surface area contributed by atoms with E-state index in [2.05, 4.69) is 11.9 Å². The number of ether oxygens (including phenoxy) is 1. The van der Waals surface area contributed by atoms with E-state index < -0.39 is 6.04 Å². The minimum Gasteiger partial charge on any atom is -0.464 e. The van der Waals surface area contributed by atoms with Crippen molar-refractivity contribution >= 4 is 11.7 Å². The molecule has 0 saturated carbocycles. The van der Waals surface area contributed by atoms with Crippen molar-refractivity contribution in [2.45, 2.75) is 26.8 Å². The second-order valence-corrected chi connectivity index (χ2v) is 4.04. The highest BCUT2D eigenvalue weighted by molar-refractivity contribution is 5.82. The number of anilines is 1. The molecule has 1 unspecified atom stereocenters. The molecule has 3 nitrogen and oxygen atoms in total. The molecule has 0 aliphatic heterocycles. The van der Waals surface area contributed by atoms with Crippen LogP contribution < -0.4 is 5.32 Å². The molecule has 1 N–H and O–H groups in total. The summed E-state index contributed by atoms with van der Waals surface area (Å²) in [5, 5.41) is 3.12. The van der Waals surface area contributed by atoms with E-state index in [1.807, 2.05) is 38.1 Å². The minimum absolute atomic E-state index is 0.291. The Bertz CT molecular complexity index is 395. The summed E-state index contributed by atoms with van der Waals surface area (Å²) in [6.45, 7) is 9.80. The Hall–Kier alpha value is -1.77. The van der Waals surface area contributed by atoms with Crippen LogP contribution in [0.15, 0.2) is 36.4 Å². The number of nitrogens with one attached hydrogen (secondary N) is 1. The quantitative estimate of drug-likeness (QED) is 0.627. The number of carbonyl (C=O) groups excluding carboxylic acids is 1. The maximum absolute atomic E-state index is 11.7. The number of rotatable bonds is 5. The number of benzene rings is 1. The molecule has 0 radical (unpaired) electrons. The summed E-state index contributed by atoms with van der Waals surface area (Å²) < 4.78 is 5.00. The third-order valence-electron chi connectivity index (χ3n) is 2.38. The molecule has 1 atom stereocenters. The van der Waals surface area contributed by atoms with E-state index in [0.29, 0.717) is 6.61 Å². The van der Waals surface area contributed by atoms with Gasteiger partial charge in [-0.05, 0) is 38.5 Å². The molecule has 17 heavy (non-hydrogen) atoms. The average molecular weight is 233 g/mol. The molecule has 1 aromatic rings. The molecule has 0 saturated heterocycles. The van der Waals surface area contributed by atoms with Crippen LogP contribution >= 0.6 is 0 Å². The van der Waals surface area contributed by atoms with Gasteiger partial charge in [-0.1, -0.05) is 24.3 Å². The largest absolute Gasteiger partial charge is 0.464 e. The highest BCUT2D eigenvalue weighted by atomic mass is 16.5. The van der Waals surface area contributed by atoms with E-state index in [9.17, 15) is 4.79 Å². The fourth-order valence-electron chi connectivity index (χ4n) is 1.43. The third-order valence-corrected chi connectivity index (χ3v) is 2.38. The van der Waals surface area contributed by atoms with Gasteiger partial charge in [0.25, 0.3) is 0 Å². The zero-order valence-electron chi connectivity index (χ0n) is 10.6. The van der Waals surface area contributed by atoms with Gasteiger partial charge in [-0.3, -0.25) is 0 Å². The Balaban J connectivity index is 2.76. The highest BCUT2D eigenvalue weighted by Crippen LogP contribution is 2.13. The normalized spacial score (nSPS) is 11.7. The zero-order valence-corrected chi connectivity index (χ0v) is 10.6. The topological polar surface area (TPSA) is 38.3 Å². The first-order chi connectivity index (χ1) is 8.04. The van der Waals surface area contributed by atoms with Crippen LogP contribution in [-0.2, 0) is 9.53 Å². The van der Waals surface area contributed by atoms with Crippen molar-refractivity contribution in [3.05, 3.63) is 42.0 Å². The number of hydrogen-bond acceptors (Lipinski definition) is 3. The smallest absolute Gasteiger partial charge is 0.332 e. The predicted octanol–water partition coefficient (Wildman–Crippen LogP) is 2.91. The van der Waals surface area contributed by atoms with E-state index in [1.165, 1.54) is 5.56 Å². The van der Waals surface area contributed by atoms with Gasteiger partial charge in [-0.25, -0.2) is 4.79 Å². The summed E-state index contributed by atoms with van der Waals surface area (Å²) in [5.74, 6) is -0.291. The maximum Gasteiger partial charge on any atom is 0.332 e. The summed E-state index contributed by atoms with van der Waals surface area (Å²) in [6, 6.07) is 7.36. The van der Waals surface area contributed by atoms with Gasteiger partial charge in [0, 0.05) is 5.69 Å². The first kappa shape index (κ1) is 13.3. The Labute approximate surface area is 102 Å². The Morgan fingerprint density at radius 2 is 2.00 bits per heavy atom. The summed E-state index contributed by atoms with van der Waals surface area (Å²) in [7, 11) is 0. The number of aryl methyl sites for hydroxylation is 1. The van der Waals surface area contributed by atoms with Crippen molar-refractivity contribution in [1.29, 1.82) is 0 Å². The molecule has 0 bridgehead atoms. The average Bonchev–Trinajstić information content (AvgIpc) is 2.28. The molecule has 0 amide bonds. The van der Waals surface area contributed by atoms with Crippen LogP contribution in [0.25, 0.3) is 0 Å². The summed E-state index contributed by atoms with van der Waals surface area (Å²) >= 11 is 0. The number of hydrogen-bond donors (Lipinski definition) is 1. The monoisotopic (exact) mass is 233 g/mol. The van der Waals surface area contributed by atoms with Crippen molar-refractivity contribution < 1.29 is 9.53 Å². The standard InChI is InChI=1S/C14H19NO2/c1-5-17-14(16)13(10(2)3)15-12-8-6-11(4)7-9-12/h6-9,13,15H,2,5H2,1,3-4H3. The zero-order chi connectivity index (χ0) is 12.8. The van der Waals surface area contributed by atoms with Crippen molar-refractivity contribution in [3.8, 4) is 0 Å². The van der Waals surface area contributed by atoms with Crippen molar-refractivity contribution in [1.82, 2.24) is 0 Å². The lowest BCUT2D eigenvalue weighted by molar-refractivity contribution is -0.143. The minimum atomic E-state index is -0.488. The third kappa shape index (κ3) is 3.94. The number of carbonyl (C=O) groups is 1.